The highest BCUT2D eigenvalue weighted by atomic mass is 16.3. The third-order valence-electron chi connectivity index (χ3n) is 8.75. The van der Waals surface area contributed by atoms with Crippen LogP contribution in [0.4, 0.5) is 0 Å². The molecule has 0 radical (unpaired) electrons. The smallest absolute Gasteiger partial charge is 0.0850 e. The van der Waals surface area contributed by atoms with E-state index in [1.165, 1.54) is 17.6 Å². The van der Waals surface area contributed by atoms with Crippen molar-refractivity contribution in [2.45, 2.75) is 109 Å². The molecule has 0 amide bonds. The van der Waals surface area contributed by atoms with E-state index in [2.05, 4.69) is 32.6 Å². The highest BCUT2D eigenvalue weighted by Crippen LogP contribution is 2.60. The normalized spacial score (nSPS) is 37.7. The van der Waals surface area contributed by atoms with Gasteiger partial charge in [0.15, 0.2) is 0 Å². The van der Waals surface area contributed by atoms with Crippen LogP contribution >= 0.6 is 0 Å². The Bertz CT molecular complexity index is 715. The SMILES string of the molecule is C=C1CC[C@H](O)C/C1=C/C=C1\CCC[C@@]2(C)C1CC[C@@H]2[C@H](C)C(O)CC(O)C(C)(C)O. The van der Waals surface area contributed by atoms with Gasteiger partial charge in [0.2, 0.25) is 0 Å². The second-order valence-corrected chi connectivity index (χ2v) is 11.4. The Kier molecular flexibility index (Phi) is 7.57. The summed E-state index contributed by atoms with van der Waals surface area (Å²) in [6.07, 6.45) is 11.0. The second kappa shape index (κ2) is 9.51. The Balaban J connectivity index is 1.74. The van der Waals surface area contributed by atoms with E-state index in [9.17, 15) is 20.4 Å². The molecule has 4 heteroatoms. The molecule has 3 rings (SSSR count). The first-order valence-corrected chi connectivity index (χ1v) is 12.3. The fraction of sp³-hybridized carbons (Fsp3) is 0.778. The molecule has 0 aromatic carbocycles. The van der Waals surface area contributed by atoms with Gasteiger partial charge in [-0.3, -0.25) is 0 Å². The van der Waals surface area contributed by atoms with E-state index >= 15 is 0 Å². The molecule has 31 heavy (non-hydrogen) atoms. The van der Waals surface area contributed by atoms with Gasteiger partial charge >= 0.3 is 0 Å². The number of aliphatic hydroxyl groups is 4. The first-order valence-electron chi connectivity index (χ1n) is 12.3. The molecule has 0 aromatic rings. The molecule has 7 atom stereocenters. The number of aliphatic hydroxyl groups excluding tert-OH is 3. The first kappa shape index (κ1) is 24.7. The van der Waals surface area contributed by atoms with E-state index in [4.69, 9.17) is 0 Å². The standard InChI is InChI=1S/C27H44O4/c1-17-8-11-21(28)15-20(17)10-9-19-7-6-14-27(5)22(12-13-23(19)27)18(2)24(29)16-25(30)26(3,4)31/h9-10,18,21-25,28-31H,1,6-8,11-16H2,2-5H3/b19-9+,20-10-/t18-,21-,22+,23?,24?,25?,27+/m0/s1. The Morgan fingerprint density at radius 1 is 1.16 bits per heavy atom. The number of fused-ring (bicyclic) bond motifs is 1. The van der Waals surface area contributed by atoms with Crippen LogP contribution in [0.5, 0.6) is 0 Å². The summed E-state index contributed by atoms with van der Waals surface area (Å²) in [5.74, 6) is 1.01. The predicted octanol–water partition coefficient (Wildman–Crippen LogP) is 4.68. The summed E-state index contributed by atoms with van der Waals surface area (Å²) in [6.45, 7) is 11.9. The molecule has 3 fully saturated rings. The highest BCUT2D eigenvalue weighted by Gasteiger charge is 2.51. The Morgan fingerprint density at radius 2 is 1.87 bits per heavy atom. The zero-order valence-electron chi connectivity index (χ0n) is 20.0. The molecule has 4 N–H and O–H groups in total. The van der Waals surface area contributed by atoms with Crippen molar-refractivity contribution in [3.8, 4) is 0 Å². The zero-order valence-corrected chi connectivity index (χ0v) is 20.0. The molecule has 3 aliphatic carbocycles. The van der Waals surface area contributed by atoms with Crippen molar-refractivity contribution in [1.82, 2.24) is 0 Å². The summed E-state index contributed by atoms with van der Waals surface area (Å²) in [5, 5.41) is 41.2. The fourth-order valence-electron chi connectivity index (χ4n) is 6.54. The van der Waals surface area contributed by atoms with Gasteiger partial charge in [-0.15, -0.1) is 0 Å². The predicted molar refractivity (Wildman–Crippen MR) is 125 cm³/mol. The van der Waals surface area contributed by atoms with Gasteiger partial charge in [0.25, 0.3) is 0 Å². The van der Waals surface area contributed by atoms with E-state index in [0.717, 1.165) is 44.1 Å². The lowest BCUT2D eigenvalue weighted by Crippen LogP contribution is -2.43. The van der Waals surface area contributed by atoms with Crippen LogP contribution in [0.2, 0.25) is 0 Å². The largest absolute Gasteiger partial charge is 0.393 e. The van der Waals surface area contributed by atoms with Crippen LogP contribution < -0.4 is 0 Å². The molecule has 0 heterocycles. The van der Waals surface area contributed by atoms with Gasteiger partial charge in [-0.1, -0.05) is 43.7 Å². The van der Waals surface area contributed by atoms with E-state index in [1.54, 1.807) is 13.8 Å². The molecule has 0 aromatic heterocycles. The minimum Gasteiger partial charge on any atom is -0.393 e. The molecule has 3 saturated carbocycles. The zero-order chi connectivity index (χ0) is 23.0. The minimum atomic E-state index is -1.20. The molecule has 3 aliphatic rings. The van der Waals surface area contributed by atoms with Gasteiger partial charge in [0.05, 0.1) is 23.9 Å². The van der Waals surface area contributed by atoms with Gasteiger partial charge in [-0.2, -0.15) is 0 Å². The summed E-state index contributed by atoms with van der Waals surface area (Å²) >= 11 is 0. The topological polar surface area (TPSA) is 80.9 Å². The lowest BCUT2D eigenvalue weighted by Gasteiger charge is -2.45. The average Bonchev–Trinajstić information content (AvgIpc) is 3.04. The van der Waals surface area contributed by atoms with Crippen LogP contribution in [-0.2, 0) is 0 Å². The van der Waals surface area contributed by atoms with Crippen molar-refractivity contribution >= 4 is 0 Å². The van der Waals surface area contributed by atoms with Gasteiger partial charge in [-0.05, 0) is 94.0 Å². The van der Waals surface area contributed by atoms with Crippen molar-refractivity contribution in [2.24, 2.45) is 23.2 Å². The molecule has 0 bridgehead atoms. The Morgan fingerprint density at radius 3 is 2.55 bits per heavy atom. The molecular formula is C27H44O4. The van der Waals surface area contributed by atoms with Gasteiger partial charge in [-0.25, -0.2) is 0 Å². The van der Waals surface area contributed by atoms with Gasteiger partial charge in [0.1, 0.15) is 0 Å². The monoisotopic (exact) mass is 432 g/mol. The fourth-order valence-corrected chi connectivity index (χ4v) is 6.54. The number of hydrogen-bond acceptors (Lipinski definition) is 4. The molecule has 4 nitrogen and oxygen atoms in total. The Hall–Kier alpha value is -0.940. The minimum absolute atomic E-state index is 0.0815. The van der Waals surface area contributed by atoms with Crippen molar-refractivity contribution in [1.29, 1.82) is 0 Å². The van der Waals surface area contributed by atoms with E-state index < -0.39 is 17.8 Å². The van der Waals surface area contributed by atoms with Crippen LogP contribution in [-0.4, -0.2) is 44.3 Å². The van der Waals surface area contributed by atoms with Gasteiger partial charge < -0.3 is 20.4 Å². The molecular weight excluding hydrogens is 388 g/mol. The lowest BCUT2D eigenvalue weighted by atomic mass is 9.60. The van der Waals surface area contributed by atoms with Crippen LogP contribution in [0.15, 0.2) is 35.5 Å². The number of hydrogen-bond donors (Lipinski definition) is 4. The Labute approximate surface area is 188 Å². The third-order valence-corrected chi connectivity index (χ3v) is 8.75. The number of allylic oxidation sites excluding steroid dienone is 4. The van der Waals surface area contributed by atoms with Crippen molar-refractivity contribution in [3.63, 3.8) is 0 Å². The molecule has 3 unspecified atom stereocenters. The first-order chi connectivity index (χ1) is 14.4. The van der Waals surface area contributed by atoms with Crippen molar-refractivity contribution in [3.05, 3.63) is 35.5 Å². The van der Waals surface area contributed by atoms with Crippen molar-refractivity contribution < 1.29 is 20.4 Å². The molecule has 0 aliphatic heterocycles. The maximum atomic E-state index is 10.9. The van der Waals surface area contributed by atoms with E-state index in [0.29, 0.717) is 18.3 Å². The van der Waals surface area contributed by atoms with Crippen LogP contribution in [0.3, 0.4) is 0 Å². The van der Waals surface area contributed by atoms with E-state index in [-0.39, 0.29) is 23.9 Å². The van der Waals surface area contributed by atoms with E-state index in [1.807, 2.05) is 0 Å². The third kappa shape index (κ3) is 5.35. The summed E-state index contributed by atoms with van der Waals surface area (Å²) in [4.78, 5) is 0. The number of rotatable bonds is 6. The molecule has 176 valence electrons. The van der Waals surface area contributed by atoms with Gasteiger partial charge in [0, 0.05) is 6.42 Å². The summed E-state index contributed by atoms with van der Waals surface area (Å²) in [6, 6.07) is 0. The maximum Gasteiger partial charge on any atom is 0.0850 e. The molecule has 0 saturated heterocycles. The summed E-state index contributed by atoms with van der Waals surface area (Å²) < 4.78 is 0. The van der Waals surface area contributed by atoms with Crippen LogP contribution in [0.25, 0.3) is 0 Å². The summed E-state index contributed by atoms with van der Waals surface area (Å²) in [5.41, 5.74) is 2.82. The van der Waals surface area contributed by atoms with Crippen LogP contribution in [0.1, 0.15) is 85.5 Å². The van der Waals surface area contributed by atoms with Crippen molar-refractivity contribution in [2.75, 3.05) is 0 Å². The highest BCUT2D eigenvalue weighted by molar-refractivity contribution is 5.36. The quantitative estimate of drug-likeness (QED) is 0.491. The average molecular weight is 433 g/mol. The molecule has 0 spiro atoms. The lowest BCUT2D eigenvalue weighted by molar-refractivity contribution is -0.0819. The maximum absolute atomic E-state index is 10.9. The van der Waals surface area contributed by atoms with Crippen LogP contribution in [0, 0.1) is 23.2 Å². The summed E-state index contributed by atoms with van der Waals surface area (Å²) in [7, 11) is 0. The second-order valence-electron chi connectivity index (χ2n) is 11.4.